The van der Waals surface area contributed by atoms with Crippen molar-refractivity contribution < 1.29 is 32.6 Å². The van der Waals surface area contributed by atoms with E-state index in [9.17, 15) is 23.6 Å². The van der Waals surface area contributed by atoms with E-state index in [2.05, 4.69) is 25.8 Å². The van der Waals surface area contributed by atoms with Gasteiger partial charge in [0.2, 0.25) is 17.7 Å². The molecule has 3 aromatic rings. The summed E-state index contributed by atoms with van der Waals surface area (Å²) in [6, 6.07) is 7.80. The second-order valence-corrected chi connectivity index (χ2v) is 12.7. The van der Waals surface area contributed by atoms with Crippen LogP contribution in [0, 0.1) is 17.6 Å². The van der Waals surface area contributed by atoms with Crippen molar-refractivity contribution in [1.29, 1.82) is 0 Å². The maximum Gasteiger partial charge on any atom is 0.245 e. The largest absolute Gasteiger partial charge is 0.344 e. The predicted octanol–water partition coefficient (Wildman–Crippen LogP) is 4.24. The third kappa shape index (κ3) is 7.61. The van der Waals surface area contributed by atoms with Crippen LogP contribution in [0.2, 0.25) is 0 Å². The lowest BCUT2D eigenvalue weighted by Gasteiger charge is -2.36. The molecule has 3 amide bonds. The molecule has 1 aromatic heterocycles. The van der Waals surface area contributed by atoms with E-state index in [4.69, 9.17) is 4.63 Å². The number of Topliss-reactive ketones (excluding diaryl/α,β-unsaturated/α-hetero) is 1. The van der Waals surface area contributed by atoms with Crippen LogP contribution >= 0.6 is 0 Å². The first kappa shape index (κ1) is 34.8. The Morgan fingerprint density at radius 1 is 1.02 bits per heavy atom. The van der Waals surface area contributed by atoms with Gasteiger partial charge in [0.1, 0.15) is 23.4 Å². The van der Waals surface area contributed by atoms with E-state index in [0.29, 0.717) is 56.7 Å². The smallest absolute Gasteiger partial charge is 0.245 e. The van der Waals surface area contributed by atoms with Gasteiger partial charge < -0.3 is 20.4 Å². The van der Waals surface area contributed by atoms with Gasteiger partial charge in [-0.25, -0.2) is 13.4 Å². The van der Waals surface area contributed by atoms with E-state index in [0.717, 1.165) is 11.1 Å². The van der Waals surface area contributed by atoms with E-state index in [1.165, 1.54) is 24.3 Å². The Balaban J connectivity index is 1.37. The van der Waals surface area contributed by atoms with Crippen molar-refractivity contribution in [3.8, 4) is 0 Å². The van der Waals surface area contributed by atoms with Gasteiger partial charge in [0.25, 0.3) is 0 Å². The molecule has 1 fully saturated rings. The molecule has 11 nitrogen and oxygen atoms in total. The van der Waals surface area contributed by atoms with Crippen molar-refractivity contribution in [1.82, 2.24) is 25.4 Å². The van der Waals surface area contributed by atoms with Crippen LogP contribution in [0.25, 0.3) is 0 Å². The molecular formula is C35H42F2N6O5. The topological polar surface area (TPSA) is 138 Å². The lowest BCUT2D eigenvalue weighted by Crippen LogP contribution is -2.55. The Kier molecular flexibility index (Phi) is 11.0. The summed E-state index contributed by atoms with van der Waals surface area (Å²) in [5.41, 5.74) is 2.34. The quantitative estimate of drug-likeness (QED) is 0.275. The van der Waals surface area contributed by atoms with Crippen molar-refractivity contribution >= 4 is 29.2 Å². The minimum atomic E-state index is -0.918. The number of fused-ring (bicyclic) bond motifs is 1. The highest BCUT2D eigenvalue weighted by Gasteiger charge is 2.38. The minimum Gasteiger partial charge on any atom is -0.344 e. The number of amides is 3. The molecule has 2 N–H and O–H groups in total. The van der Waals surface area contributed by atoms with E-state index in [1.54, 1.807) is 37.8 Å². The van der Waals surface area contributed by atoms with E-state index in [-0.39, 0.29) is 41.9 Å². The number of ketones is 1. The predicted molar refractivity (Wildman–Crippen MR) is 173 cm³/mol. The number of rotatable bonds is 12. The number of carbonyl (C=O) groups excluding carboxylic acids is 4. The van der Waals surface area contributed by atoms with Crippen LogP contribution in [0.1, 0.15) is 84.7 Å². The molecule has 48 heavy (non-hydrogen) atoms. The number of aryl methyl sites for hydroxylation is 2. The first-order valence-corrected chi connectivity index (χ1v) is 16.5. The van der Waals surface area contributed by atoms with Gasteiger partial charge in [0.15, 0.2) is 11.5 Å². The standard InChI is InChI=1S/C35H42F2N6O5/c1-5-28-33(41-48-40-28)30(44)19-26(25-10-7-22-17-23(36)9-11-24(22)25)34(46)38-29-12-8-21(18-27(29)37)20(3)32(39-31(45)6-2)35(47)43-15-13-42(4)14-16-43/h8-9,11-12,17-18,20,25-26,32H,5-7,10,13-16,19H2,1-4H3,(H,38,46)(H,39,45)/t20-,25?,26?,32+/m0/s1. The molecule has 2 heterocycles. The molecule has 1 aliphatic carbocycles. The van der Waals surface area contributed by atoms with E-state index < -0.39 is 41.3 Å². The number of nitrogens with one attached hydrogen (secondary N) is 2. The molecular weight excluding hydrogens is 622 g/mol. The monoisotopic (exact) mass is 664 g/mol. The normalized spacial score (nSPS) is 18.1. The lowest BCUT2D eigenvalue weighted by molar-refractivity contribution is -0.138. The molecule has 0 spiro atoms. The summed E-state index contributed by atoms with van der Waals surface area (Å²) in [5, 5.41) is 13.0. The van der Waals surface area contributed by atoms with Crippen molar-refractivity contribution in [2.75, 3.05) is 38.5 Å². The number of hydrogen-bond acceptors (Lipinski definition) is 8. The van der Waals surface area contributed by atoms with Crippen LogP contribution in [-0.4, -0.2) is 82.9 Å². The Bertz CT molecular complexity index is 1670. The van der Waals surface area contributed by atoms with Gasteiger partial charge in [0.05, 0.1) is 11.6 Å². The maximum atomic E-state index is 15.7. The van der Waals surface area contributed by atoms with Crippen molar-refractivity contribution in [2.45, 2.75) is 70.8 Å². The Morgan fingerprint density at radius 3 is 2.46 bits per heavy atom. The zero-order valence-corrected chi connectivity index (χ0v) is 27.7. The van der Waals surface area contributed by atoms with Crippen LogP contribution in [-0.2, 0) is 27.2 Å². The second kappa shape index (κ2) is 15.1. The van der Waals surface area contributed by atoms with Gasteiger partial charge in [-0.15, -0.1) is 0 Å². The Morgan fingerprint density at radius 2 is 1.77 bits per heavy atom. The average molecular weight is 665 g/mol. The number of anilines is 1. The summed E-state index contributed by atoms with van der Waals surface area (Å²) in [4.78, 5) is 57.1. The summed E-state index contributed by atoms with van der Waals surface area (Å²) >= 11 is 0. The van der Waals surface area contributed by atoms with Crippen LogP contribution < -0.4 is 10.6 Å². The third-order valence-corrected chi connectivity index (χ3v) is 9.61. The molecule has 13 heteroatoms. The van der Waals surface area contributed by atoms with Crippen molar-refractivity contribution in [3.63, 3.8) is 0 Å². The van der Waals surface area contributed by atoms with E-state index >= 15 is 4.39 Å². The fourth-order valence-corrected chi connectivity index (χ4v) is 6.63. The second-order valence-electron chi connectivity index (χ2n) is 12.7. The molecule has 1 aliphatic heterocycles. The number of halogens is 2. The molecule has 5 rings (SSSR count). The van der Waals surface area contributed by atoms with Gasteiger partial charge in [-0.05, 0) is 78.3 Å². The number of benzene rings is 2. The molecule has 2 unspecified atom stereocenters. The van der Waals surface area contributed by atoms with Crippen molar-refractivity contribution in [2.24, 2.45) is 5.92 Å². The van der Waals surface area contributed by atoms with Crippen molar-refractivity contribution in [3.05, 3.63) is 76.1 Å². The minimum absolute atomic E-state index is 0.0491. The summed E-state index contributed by atoms with van der Waals surface area (Å²) in [6.45, 7) is 7.73. The number of carbonyl (C=O) groups is 4. The number of hydrogen-bond donors (Lipinski definition) is 2. The maximum absolute atomic E-state index is 15.7. The molecule has 0 saturated carbocycles. The molecule has 2 aliphatic rings. The van der Waals surface area contributed by atoms with Gasteiger partial charge in [-0.3, -0.25) is 19.2 Å². The first-order chi connectivity index (χ1) is 23.0. The van der Waals surface area contributed by atoms with Crippen LogP contribution in [0.5, 0.6) is 0 Å². The lowest BCUT2D eigenvalue weighted by atomic mass is 9.82. The van der Waals surface area contributed by atoms with Gasteiger partial charge in [-0.1, -0.05) is 38.1 Å². The van der Waals surface area contributed by atoms with Gasteiger partial charge in [-0.2, -0.15) is 0 Å². The van der Waals surface area contributed by atoms with Gasteiger partial charge in [0, 0.05) is 44.9 Å². The molecule has 0 bridgehead atoms. The van der Waals surface area contributed by atoms with Gasteiger partial charge >= 0.3 is 0 Å². The molecule has 2 aromatic carbocycles. The molecule has 0 radical (unpaired) electrons. The number of nitrogens with zero attached hydrogens (tertiary/aromatic N) is 4. The fraction of sp³-hybridized carbons (Fsp3) is 0.486. The number of piperazine rings is 1. The highest BCUT2D eigenvalue weighted by atomic mass is 19.1. The summed E-state index contributed by atoms with van der Waals surface area (Å²) in [7, 11) is 1.98. The number of aromatic nitrogens is 2. The molecule has 256 valence electrons. The van der Waals surface area contributed by atoms with Crippen LogP contribution in [0.15, 0.2) is 41.0 Å². The number of likely N-dealkylation sites (N-methyl/N-ethyl adjacent to an activating group) is 1. The SMILES string of the molecule is CCC(=O)N[C@@H](C(=O)N1CCN(C)CC1)[C@@H](C)c1ccc(NC(=O)C(CC(=O)c2nonc2CC)C2CCc3cc(F)ccc32)c(F)c1. The zero-order chi connectivity index (χ0) is 34.5. The molecule has 4 atom stereocenters. The summed E-state index contributed by atoms with van der Waals surface area (Å²) < 4.78 is 34.5. The summed E-state index contributed by atoms with van der Waals surface area (Å²) in [6.07, 6.45) is 1.40. The highest BCUT2D eigenvalue weighted by Crippen LogP contribution is 2.41. The molecule has 1 saturated heterocycles. The summed E-state index contributed by atoms with van der Waals surface area (Å²) in [5.74, 6) is -4.54. The Hall–Kier alpha value is -4.52. The third-order valence-electron chi connectivity index (χ3n) is 9.61. The Labute approximate surface area is 278 Å². The fourth-order valence-electron chi connectivity index (χ4n) is 6.63. The van der Waals surface area contributed by atoms with Crippen LogP contribution in [0.3, 0.4) is 0 Å². The van der Waals surface area contributed by atoms with Crippen LogP contribution in [0.4, 0.5) is 14.5 Å². The first-order valence-electron chi connectivity index (χ1n) is 16.5. The highest BCUT2D eigenvalue weighted by molar-refractivity contribution is 6.01. The average Bonchev–Trinajstić information content (AvgIpc) is 3.73. The zero-order valence-electron chi connectivity index (χ0n) is 27.7. The van der Waals surface area contributed by atoms with E-state index in [1.807, 2.05) is 7.05 Å².